The van der Waals surface area contributed by atoms with Crippen LogP contribution in [0.3, 0.4) is 0 Å². The van der Waals surface area contributed by atoms with Gasteiger partial charge >= 0.3 is 5.97 Å². The van der Waals surface area contributed by atoms with E-state index in [4.69, 9.17) is 0 Å². The van der Waals surface area contributed by atoms with Crippen LogP contribution in [0.4, 0.5) is 15.8 Å². The predicted octanol–water partition coefficient (Wildman–Crippen LogP) is 3.18. The summed E-state index contributed by atoms with van der Waals surface area (Å²) in [5.74, 6) is -1.33. The monoisotopic (exact) mass is 296 g/mol. The van der Waals surface area contributed by atoms with Crippen molar-refractivity contribution in [3.05, 3.63) is 34.1 Å². The van der Waals surface area contributed by atoms with E-state index < -0.39 is 27.9 Å². The highest BCUT2D eigenvalue weighted by atomic mass is 19.1. The molecule has 1 aromatic rings. The number of carboxylic acid groups (broad SMARTS) is 1. The third-order valence-electron chi connectivity index (χ3n) is 4.07. The first kappa shape index (κ1) is 15.2. The van der Waals surface area contributed by atoms with Crippen molar-refractivity contribution >= 4 is 17.3 Å². The van der Waals surface area contributed by atoms with Gasteiger partial charge in [0.1, 0.15) is 17.0 Å². The summed E-state index contributed by atoms with van der Waals surface area (Å²) in [5, 5.41) is 23.3. The van der Waals surface area contributed by atoms with Gasteiger partial charge in [-0.2, -0.15) is 0 Å². The lowest BCUT2D eigenvalue weighted by Gasteiger charge is -2.37. The first-order chi connectivity index (χ1) is 9.84. The number of nitrogens with one attached hydrogen (secondary N) is 1. The van der Waals surface area contributed by atoms with E-state index in [1.165, 1.54) is 6.07 Å². The molecule has 0 heterocycles. The second-order valence-electron chi connectivity index (χ2n) is 5.61. The molecular weight excluding hydrogens is 279 g/mol. The van der Waals surface area contributed by atoms with Crippen LogP contribution in [-0.4, -0.2) is 21.5 Å². The van der Waals surface area contributed by atoms with Gasteiger partial charge in [-0.3, -0.25) is 10.1 Å². The van der Waals surface area contributed by atoms with Crippen LogP contribution in [0.25, 0.3) is 0 Å². The average Bonchev–Trinajstić information content (AvgIpc) is 2.43. The Morgan fingerprint density at radius 3 is 2.62 bits per heavy atom. The second kappa shape index (κ2) is 5.67. The Morgan fingerprint density at radius 1 is 1.48 bits per heavy atom. The molecule has 0 atom stereocenters. The van der Waals surface area contributed by atoms with Gasteiger partial charge in [-0.25, -0.2) is 9.18 Å². The van der Waals surface area contributed by atoms with Gasteiger partial charge in [-0.05, 0) is 43.7 Å². The maximum absolute atomic E-state index is 13.1. The second-order valence-corrected chi connectivity index (χ2v) is 5.61. The van der Waals surface area contributed by atoms with Crippen LogP contribution >= 0.6 is 0 Å². The predicted molar refractivity (Wildman–Crippen MR) is 74.7 cm³/mol. The smallest absolute Gasteiger partial charge is 0.329 e. The summed E-state index contributed by atoms with van der Waals surface area (Å²) in [4.78, 5) is 21.9. The molecule has 0 bridgehead atoms. The number of hydrogen-bond acceptors (Lipinski definition) is 4. The number of halogens is 1. The van der Waals surface area contributed by atoms with Crippen molar-refractivity contribution in [1.82, 2.24) is 0 Å². The van der Waals surface area contributed by atoms with Gasteiger partial charge in [0.2, 0.25) is 0 Å². The van der Waals surface area contributed by atoms with Gasteiger partial charge in [0, 0.05) is 0 Å². The normalized spacial score (nSPS) is 25.3. The van der Waals surface area contributed by atoms with Crippen LogP contribution in [0.2, 0.25) is 0 Å². The van der Waals surface area contributed by atoms with Crippen molar-refractivity contribution < 1.29 is 19.2 Å². The van der Waals surface area contributed by atoms with Gasteiger partial charge in [0.05, 0.1) is 11.0 Å². The van der Waals surface area contributed by atoms with Crippen LogP contribution in [0.15, 0.2) is 18.2 Å². The van der Waals surface area contributed by atoms with Crippen LogP contribution in [0.5, 0.6) is 0 Å². The minimum atomic E-state index is -1.23. The van der Waals surface area contributed by atoms with Crippen LogP contribution in [0.1, 0.15) is 32.6 Å². The van der Waals surface area contributed by atoms with Gasteiger partial charge in [0.15, 0.2) is 0 Å². The van der Waals surface area contributed by atoms with Gasteiger partial charge in [-0.15, -0.1) is 0 Å². The molecule has 0 amide bonds. The molecule has 2 rings (SSSR count). The number of anilines is 1. The number of nitro groups is 1. The van der Waals surface area contributed by atoms with E-state index in [1.54, 1.807) is 0 Å². The Hall–Kier alpha value is -2.18. The Labute approximate surface area is 121 Å². The molecule has 0 saturated heterocycles. The summed E-state index contributed by atoms with van der Waals surface area (Å²) in [7, 11) is 0. The molecule has 0 unspecified atom stereocenters. The number of aliphatic carboxylic acids is 1. The van der Waals surface area contributed by atoms with E-state index in [0.717, 1.165) is 25.0 Å². The fourth-order valence-corrected chi connectivity index (χ4v) is 2.67. The number of benzene rings is 1. The Bertz CT molecular complexity index is 568. The van der Waals surface area contributed by atoms with Gasteiger partial charge in [0.25, 0.3) is 5.69 Å². The largest absolute Gasteiger partial charge is 0.480 e. The number of carboxylic acids is 1. The van der Waals surface area contributed by atoms with Crippen LogP contribution in [0, 0.1) is 21.8 Å². The number of nitro benzene ring substituents is 1. The first-order valence-electron chi connectivity index (χ1n) is 6.79. The molecule has 1 aliphatic rings. The molecule has 0 radical (unpaired) electrons. The van der Waals surface area contributed by atoms with E-state index in [9.17, 15) is 24.4 Å². The lowest BCUT2D eigenvalue weighted by atomic mass is 9.77. The number of rotatable bonds is 4. The van der Waals surface area contributed by atoms with E-state index in [-0.39, 0.29) is 5.69 Å². The highest BCUT2D eigenvalue weighted by Crippen LogP contribution is 2.37. The summed E-state index contributed by atoms with van der Waals surface area (Å²) in [5.41, 5.74) is -1.64. The standard InChI is InChI=1S/C14H17FN2O4/c1-9-4-6-14(7-5-9,13(18)19)16-11-3-2-10(15)8-12(11)17(20)21/h2-3,8-9,16H,4-7H2,1H3,(H,18,19). The molecule has 0 aliphatic heterocycles. The lowest BCUT2D eigenvalue weighted by molar-refractivity contribution is -0.384. The molecule has 114 valence electrons. The fourth-order valence-electron chi connectivity index (χ4n) is 2.67. The van der Waals surface area contributed by atoms with Crippen molar-refractivity contribution in [2.24, 2.45) is 5.92 Å². The summed E-state index contributed by atoms with van der Waals surface area (Å²) in [6.07, 6.45) is 2.23. The first-order valence-corrected chi connectivity index (χ1v) is 6.79. The Kier molecular flexibility index (Phi) is 4.11. The quantitative estimate of drug-likeness (QED) is 0.657. The summed E-state index contributed by atoms with van der Waals surface area (Å²) in [6.45, 7) is 2.05. The van der Waals surface area contributed by atoms with Crippen LogP contribution in [-0.2, 0) is 4.79 Å². The maximum Gasteiger partial charge on any atom is 0.329 e. The van der Waals surface area contributed by atoms with E-state index in [1.807, 2.05) is 6.92 Å². The van der Waals surface area contributed by atoms with Crippen molar-refractivity contribution in [1.29, 1.82) is 0 Å². The molecule has 0 aromatic heterocycles. The summed E-state index contributed by atoms with van der Waals surface area (Å²) >= 11 is 0. The lowest BCUT2D eigenvalue weighted by Crippen LogP contribution is -2.49. The summed E-state index contributed by atoms with van der Waals surface area (Å²) < 4.78 is 13.1. The molecular formula is C14H17FN2O4. The van der Waals surface area contributed by atoms with E-state index in [0.29, 0.717) is 18.8 Å². The average molecular weight is 296 g/mol. The van der Waals surface area contributed by atoms with Crippen molar-refractivity contribution in [3.8, 4) is 0 Å². The van der Waals surface area contributed by atoms with Gasteiger partial charge in [-0.1, -0.05) is 6.92 Å². The minimum absolute atomic E-state index is 0.0401. The van der Waals surface area contributed by atoms with Gasteiger partial charge < -0.3 is 10.4 Å². The van der Waals surface area contributed by atoms with E-state index in [2.05, 4.69) is 5.32 Å². The SMILES string of the molecule is CC1CCC(Nc2ccc(F)cc2[N+](=O)[O-])(C(=O)O)CC1. The molecule has 2 N–H and O–H groups in total. The van der Waals surface area contributed by atoms with Crippen LogP contribution < -0.4 is 5.32 Å². The molecule has 0 spiro atoms. The minimum Gasteiger partial charge on any atom is -0.480 e. The molecule has 7 heteroatoms. The zero-order chi connectivity index (χ0) is 15.6. The topological polar surface area (TPSA) is 92.5 Å². The zero-order valence-corrected chi connectivity index (χ0v) is 11.6. The third kappa shape index (κ3) is 3.12. The van der Waals surface area contributed by atoms with Crippen molar-refractivity contribution in [2.45, 2.75) is 38.1 Å². The van der Waals surface area contributed by atoms with Crippen molar-refractivity contribution in [3.63, 3.8) is 0 Å². The fraction of sp³-hybridized carbons (Fsp3) is 0.500. The maximum atomic E-state index is 13.1. The molecule has 1 fully saturated rings. The molecule has 21 heavy (non-hydrogen) atoms. The highest BCUT2D eigenvalue weighted by Gasteiger charge is 2.42. The number of hydrogen-bond donors (Lipinski definition) is 2. The van der Waals surface area contributed by atoms with Crippen molar-refractivity contribution in [2.75, 3.05) is 5.32 Å². The molecule has 1 aliphatic carbocycles. The Morgan fingerprint density at radius 2 is 2.10 bits per heavy atom. The Balaban J connectivity index is 2.34. The number of carbonyl (C=O) groups is 1. The van der Waals surface area contributed by atoms with E-state index >= 15 is 0 Å². The molecule has 6 nitrogen and oxygen atoms in total. The molecule has 1 aromatic carbocycles. The summed E-state index contributed by atoms with van der Waals surface area (Å²) in [6, 6.07) is 3.09. The third-order valence-corrected chi connectivity index (χ3v) is 4.07. The molecule has 1 saturated carbocycles. The number of nitrogens with zero attached hydrogens (tertiary/aromatic N) is 1. The zero-order valence-electron chi connectivity index (χ0n) is 11.6. The highest BCUT2D eigenvalue weighted by molar-refractivity contribution is 5.84.